The highest BCUT2D eigenvalue weighted by atomic mass is 35.5. The molecule has 0 bridgehead atoms. The fourth-order valence-corrected chi connectivity index (χ4v) is 2.72. The van der Waals surface area contributed by atoms with E-state index in [0.717, 1.165) is 5.39 Å². The minimum absolute atomic E-state index is 0.0723. The standard InChI is InChI=1S/C17H16ClN5O3/c1-9(21-17-20-5-4-12(22-17)8-15(24)26-19)13-7-10-6-11(18)2-3-14(10)23-16(13)25/h2-7,9H,8,19H2,1H3,(H,23,25)(H,20,21,22)/t9-/m0/s1. The summed E-state index contributed by atoms with van der Waals surface area (Å²) in [4.78, 5) is 38.9. The SMILES string of the molecule is C[C@H](Nc1nccc(CC(=O)ON)n1)c1cc2cc(Cl)ccc2[nH]c1=O. The van der Waals surface area contributed by atoms with Crippen LogP contribution < -0.4 is 16.8 Å². The van der Waals surface area contributed by atoms with Gasteiger partial charge < -0.3 is 15.1 Å². The summed E-state index contributed by atoms with van der Waals surface area (Å²) in [5.74, 6) is 4.51. The van der Waals surface area contributed by atoms with Crippen LogP contribution in [0.2, 0.25) is 5.02 Å². The number of pyridine rings is 1. The highest BCUT2D eigenvalue weighted by molar-refractivity contribution is 6.31. The van der Waals surface area contributed by atoms with E-state index in [0.29, 0.717) is 21.8 Å². The van der Waals surface area contributed by atoms with Crippen molar-refractivity contribution in [2.75, 3.05) is 5.32 Å². The predicted octanol–water partition coefficient (Wildman–Crippen LogP) is 2.10. The third-order valence-corrected chi connectivity index (χ3v) is 4.05. The smallest absolute Gasteiger partial charge is 0.330 e. The number of hydrogen-bond acceptors (Lipinski definition) is 7. The van der Waals surface area contributed by atoms with Gasteiger partial charge >= 0.3 is 5.97 Å². The van der Waals surface area contributed by atoms with Gasteiger partial charge in [-0.15, -0.1) is 0 Å². The van der Waals surface area contributed by atoms with E-state index in [-0.39, 0.29) is 24.0 Å². The van der Waals surface area contributed by atoms with Crippen LogP contribution >= 0.6 is 11.6 Å². The molecular formula is C17H16ClN5O3. The van der Waals surface area contributed by atoms with Gasteiger partial charge in [0.15, 0.2) is 0 Å². The number of H-pyrrole nitrogens is 1. The molecule has 0 aliphatic rings. The van der Waals surface area contributed by atoms with Crippen LogP contribution in [0.3, 0.4) is 0 Å². The molecule has 0 saturated heterocycles. The number of rotatable bonds is 5. The van der Waals surface area contributed by atoms with Crippen molar-refractivity contribution in [3.05, 3.63) is 63.2 Å². The van der Waals surface area contributed by atoms with Crippen LogP contribution in [0, 0.1) is 0 Å². The molecule has 0 saturated carbocycles. The zero-order valence-electron chi connectivity index (χ0n) is 13.8. The molecule has 2 aromatic heterocycles. The molecule has 0 unspecified atom stereocenters. The van der Waals surface area contributed by atoms with E-state index >= 15 is 0 Å². The van der Waals surface area contributed by atoms with Gasteiger partial charge in [0, 0.05) is 27.7 Å². The van der Waals surface area contributed by atoms with Crippen LogP contribution in [0.5, 0.6) is 0 Å². The van der Waals surface area contributed by atoms with E-state index in [1.165, 1.54) is 6.20 Å². The largest absolute Gasteiger partial charge is 0.373 e. The number of fused-ring (bicyclic) bond motifs is 1. The number of anilines is 1. The molecule has 0 aliphatic carbocycles. The zero-order chi connectivity index (χ0) is 18.7. The molecule has 8 nitrogen and oxygen atoms in total. The summed E-state index contributed by atoms with van der Waals surface area (Å²) in [5.41, 5.74) is 1.44. The second kappa shape index (κ2) is 7.51. The normalized spacial score (nSPS) is 12.0. The molecule has 134 valence electrons. The quantitative estimate of drug-likeness (QED) is 0.585. The summed E-state index contributed by atoms with van der Waals surface area (Å²) in [6.45, 7) is 1.81. The Labute approximate surface area is 153 Å². The van der Waals surface area contributed by atoms with Gasteiger partial charge in [-0.25, -0.2) is 14.8 Å². The number of nitrogens with one attached hydrogen (secondary N) is 2. The molecule has 1 atom stereocenters. The number of aromatic nitrogens is 3. The van der Waals surface area contributed by atoms with Gasteiger partial charge in [0.2, 0.25) is 5.95 Å². The first-order chi connectivity index (χ1) is 12.5. The molecule has 9 heteroatoms. The maximum Gasteiger partial charge on any atom is 0.330 e. The van der Waals surface area contributed by atoms with Crippen LogP contribution in [-0.2, 0) is 16.1 Å². The van der Waals surface area contributed by atoms with Crippen molar-refractivity contribution in [3.63, 3.8) is 0 Å². The Hall–Kier alpha value is -2.97. The predicted molar refractivity (Wildman–Crippen MR) is 97.6 cm³/mol. The van der Waals surface area contributed by atoms with Gasteiger partial charge in [-0.1, -0.05) is 11.6 Å². The van der Waals surface area contributed by atoms with Crippen molar-refractivity contribution in [2.24, 2.45) is 5.90 Å². The monoisotopic (exact) mass is 373 g/mol. The highest BCUT2D eigenvalue weighted by Crippen LogP contribution is 2.21. The second-order valence-electron chi connectivity index (χ2n) is 5.69. The van der Waals surface area contributed by atoms with E-state index in [9.17, 15) is 9.59 Å². The average molecular weight is 374 g/mol. The Morgan fingerprint density at radius 2 is 2.19 bits per heavy atom. The number of nitrogens with two attached hydrogens (primary N) is 1. The summed E-state index contributed by atoms with van der Waals surface area (Å²) in [6.07, 6.45) is 1.43. The molecule has 0 radical (unpaired) electrons. The number of halogens is 1. The van der Waals surface area contributed by atoms with Crippen molar-refractivity contribution in [3.8, 4) is 0 Å². The Kier molecular flexibility index (Phi) is 5.15. The molecule has 1 aromatic carbocycles. The summed E-state index contributed by atoms with van der Waals surface area (Å²) < 4.78 is 0. The first-order valence-corrected chi connectivity index (χ1v) is 8.14. The number of hydrogen-bond donors (Lipinski definition) is 3. The second-order valence-corrected chi connectivity index (χ2v) is 6.13. The van der Waals surface area contributed by atoms with E-state index in [4.69, 9.17) is 17.5 Å². The van der Waals surface area contributed by atoms with Crippen molar-refractivity contribution in [1.82, 2.24) is 15.0 Å². The third kappa shape index (κ3) is 3.98. The van der Waals surface area contributed by atoms with E-state index in [1.54, 1.807) is 30.3 Å². The number of nitrogens with zero attached hydrogens (tertiary/aromatic N) is 2. The van der Waals surface area contributed by atoms with Crippen molar-refractivity contribution in [2.45, 2.75) is 19.4 Å². The molecule has 0 amide bonds. The topological polar surface area (TPSA) is 123 Å². The average Bonchev–Trinajstić information content (AvgIpc) is 2.61. The molecule has 2 heterocycles. The minimum atomic E-state index is -0.606. The molecule has 3 aromatic rings. The molecule has 4 N–H and O–H groups in total. The summed E-state index contributed by atoms with van der Waals surface area (Å²) in [5, 5.41) is 4.45. The van der Waals surface area contributed by atoms with E-state index < -0.39 is 5.97 Å². The molecule has 0 aliphatic heterocycles. The lowest BCUT2D eigenvalue weighted by Crippen LogP contribution is -2.20. The number of carbonyl (C=O) groups is 1. The maximum absolute atomic E-state index is 12.4. The highest BCUT2D eigenvalue weighted by Gasteiger charge is 2.13. The van der Waals surface area contributed by atoms with Gasteiger partial charge in [-0.2, -0.15) is 5.90 Å². The van der Waals surface area contributed by atoms with Crippen LogP contribution in [-0.4, -0.2) is 20.9 Å². The lowest BCUT2D eigenvalue weighted by molar-refractivity contribution is -0.143. The lowest BCUT2D eigenvalue weighted by atomic mass is 10.1. The van der Waals surface area contributed by atoms with Gasteiger partial charge in [0.1, 0.15) is 0 Å². The lowest BCUT2D eigenvalue weighted by Gasteiger charge is -2.14. The van der Waals surface area contributed by atoms with Crippen LogP contribution in [0.4, 0.5) is 5.95 Å². The van der Waals surface area contributed by atoms with E-state index in [2.05, 4.69) is 25.1 Å². The maximum atomic E-state index is 12.4. The zero-order valence-corrected chi connectivity index (χ0v) is 14.6. The van der Waals surface area contributed by atoms with Crippen LogP contribution in [0.15, 0.2) is 41.3 Å². The first-order valence-electron chi connectivity index (χ1n) is 7.77. The molecule has 0 fully saturated rings. The van der Waals surface area contributed by atoms with Crippen LogP contribution in [0.1, 0.15) is 24.2 Å². The fraction of sp³-hybridized carbons (Fsp3) is 0.176. The number of carbonyl (C=O) groups excluding carboxylic acids is 1. The summed E-state index contributed by atoms with van der Waals surface area (Å²) in [7, 11) is 0. The summed E-state index contributed by atoms with van der Waals surface area (Å²) >= 11 is 6.02. The minimum Gasteiger partial charge on any atom is -0.373 e. The Morgan fingerprint density at radius 1 is 1.38 bits per heavy atom. The van der Waals surface area contributed by atoms with Crippen molar-refractivity contribution in [1.29, 1.82) is 0 Å². The van der Waals surface area contributed by atoms with Gasteiger partial charge in [-0.05, 0) is 37.3 Å². The third-order valence-electron chi connectivity index (χ3n) is 3.82. The molecule has 3 rings (SSSR count). The van der Waals surface area contributed by atoms with Crippen LogP contribution in [0.25, 0.3) is 10.9 Å². The number of aromatic amines is 1. The first kappa shape index (κ1) is 17.8. The van der Waals surface area contributed by atoms with Gasteiger partial charge in [0.25, 0.3) is 5.56 Å². The molecule has 0 spiro atoms. The summed E-state index contributed by atoms with van der Waals surface area (Å²) in [6, 6.07) is 8.22. The molecular weight excluding hydrogens is 358 g/mol. The van der Waals surface area contributed by atoms with Crippen molar-refractivity contribution < 1.29 is 9.63 Å². The van der Waals surface area contributed by atoms with Gasteiger partial charge in [0.05, 0.1) is 18.2 Å². The van der Waals surface area contributed by atoms with E-state index in [1.807, 2.05) is 6.92 Å². The fourth-order valence-electron chi connectivity index (χ4n) is 2.54. The Bertz CT molecular complexity index is 1020. The van der Waals surface area contributed by atoms with Gasteiger partial charge in [-0.3, -0.25) is 4.79 Å². The van der Waals surface area contributed by atoms with Crippen molar-refractivity contribution >= 4 is 34.4 Å². The Balaban J connectivity index is 1.86. The number of benzene rings is 1. The molecule has 26 heavy (non-hydrogen) atoms. The Morgan fingerprint density at radius 3 is 2.96 bits per heavy atom.